The summed E-state index contributed by atoms with van der Waals surface area (Å²) in [6, 6.07) is 7.57. The van der Waals surface area contributed by atoms with Gasteiger partial charge >= 0.3 is 0 Å². The van der Waals surface area contributed by atoms with Gasteiger partial charge in [0.15, 0.2) is 0 Å². The van der Waals surface area contributed by atoms with Gasteiger partial charge in [-0.05, 0) is 36.1 Å². The minimum absolute atomic E-state index is 0.668. The molecule has 0 bridgehead atoms. The SMILES string of the molecule is CCNCc1ccc2c(c1)CC(CC)NC2. The van der Waals surface area contributed by atoms with Crippen LogP contribution in [0.5, 0.6) is 0 Å². The number of rotatable bonds is 4. The fourth-order valence-electron chi connectivity index (χ4n) is 2.30. The van der Waals surface area contributed by atoms with Gasteiger partial charge in [0.05, 0.1) is 0 Å². The lowest BCUT2D eigenvalue weighted by molar-refractivity contribution is 0.467. The highest BCUT2D eigenvalue weighted by Gasteiger charge is 2.16. The zero-order chi connectivity index (χ0) is 11.4. The quantitative estimate of drug-likeness (QED) is 0.809. The molecule has 2 rings (SSSR count). The second-order valence-corrected chi connectivity index (χ2v) is 4.57. The Morgan fingerprint density at radius 1 is 1.31 bits per heavy atom. The number of benzene rings is 1. The average molecular weight is 218 g/mol. The van der Waals surface area contributed by atoms with Gasteiger partial charge in [-0.2, -0.15) is 0 Å². The molecular formula is C14H22N2. The first-order valence-corrected chi connectivity index (χ1v) is 6.38. The summed E-state index contributed by atoms with van der Waals surface area (Å²) in [6.07, 6.45) is 2.41. The summed E-state index contributed by atoms with van der Waals surface area (Å²) in [5, 5.41) is 6.95. The van der Waals surface area contributed by atoms with Crippen molar-refractivity contribution in [3.05, 3.63) is 34.9 Å². The first-order chi connectivity index (χ1) is 7.83. The van der Waals surface area contributed by atoms with E-state index >= 15 is 0 Å². The summed E-state index contributed by atoms with van der Waals surface area (Å²) >= 11 is 0. The Morgan fingerprint density at radius 3 is 2.94 bits per heavy atom. The summed E-state index contributed by atoms with van der Waals surface area (Å²) in [7, 11) is 0. The highest BCUT2D eigenvalue weighted by molar-refractivity contribution is 5.34. The minimum atomic E-state index is 0.668. The molecule has 1 aromatic rings. The maximum atomic E-state index is 3.57. The minimum Gasteiger partial charge on any atom is -0.313 e. The van der Waals surface area contributed by atoms with Crippen LogP contribution in [0.4, 0.5) is 0 Å². The Labute approximate surface area is 98.4 Å². The van der Waals surface area contributed by atoms with Crippen LogP contribution in [0.3, 0.4) is 0 Å². The van der Waals surface area contributed by atoms with Gasteiger partial charge in [0.25, 0.3) is 0 Å². The molecule has 0 fully saturated rings. The van der Waals surface area contributed by atoms with Crippen LogP contribution in [-0.4, -0.2) is 12.6 Å². The third-order valence-corrected chi connectivity index (χ3v) is 3.39. The van der Waals surface area contributed by atoms with E-state index in [0.717, 1.165) is 19.6 Å². The van der Waals surface area contributed by atoms with Crippen LogP contribution in [0.25, 0.3) is 0 Å². The van der Waals surface area contributed by atoms with Crippen molar-refractivity contribution in [3.63, 3.8) is 0 Å². The Morgan fingerprint density at radius 2 is 2.19 bits per heavy atom. The van der Waals surface area contributed by atoms with Crippen molar-refractivity contribution < 1.29 is 0 Å². The van der Waals surface area contributed by atoms with Crippen LogP contribution >= 0.6 is 0 Å². The van der Waals surface area contributed by atoms with E-state index in [1.807, 2.05) is 0 Å². The van der Waals surface area contributed by atoms with E-state index in [0.29, 0.717) is 6.04 Å². The van der Waals surface area contributed by atoms with E-state index < -0.39 is 0 Å². The molecule has 0 aliphatic carbocycles. The second-order valence-electron chi connectivity index (χ2n) is 4.57. The Bertz CT molecular complexity index is 347. The van der Waals surface area contributed by atoms with Gasteiger partial charge in [0.2, 0.25) is 0 Å². The van der Waals surface area contributed by atoms with E-state index in [1.54, 1.807) is 5.56 Å². The summed E-state index contributed by atoms with van der Waals surface area (Å²) in [6.45, 7) is 7.47. The van der Waals surface area contributed by atoms with Crippen molar-refractivity contribution >= 4 is 0 Å². The summed E-state index contributed by atoms with van der Waals surface area (Å²) < 4.78 is 0. The molecule has 1 aromatic carbocycles. The van der Waals surface area contributed by atoms with Crippen molar-refractivity contribution in [1.82, 2.24) is 10.6 Å². The van der Waals surface area contributed by atoms with Crippen molar-refractivity contribution in [1.29, 1.82) is 0 Å². The normalized spacial score (nSPS) is 19.5. The highest BCUT2D eigenvalue weighted by Crippen LogP contribution is 2.19. The molecule has 1 atom stereocenters. The van der Waals surface area contributed by atoms with E-state index in [-0.39, 0.29) is 0 Å². The molecule has 2 N–H and O–H groups in total. The van der Waals surface area contributed by atoms with E-state index in [4.69, 9.17) is 0 Å². The van der Waals surface area contributed by atoms with Crippen molar-refractivity contribution in [3.8, 4) is 0 Å². The van der Waals surface area contributed by atoms with Crippen molar-refractivity contribution in [2.75, 3.05) is 6.54 Å². The molecule has 0 aromatic heterocycles. The average Bonchev–Trinajstić information content (AvgIpc) is 2.35. The summed E-state index contributed by atoms with van der Waals surface area (Å²) in [5.41, 5.74) is 4.43. The van der Waals surface area contributed by atoms with E-state index in [1.165, 1.54) is 24.0 Å². The first-order valence-electron chi connectivity index (χ1n) is 6.38. The van der Waals surface area contributed by atoms with Crippen LogP contribution in [0.15, 0.2) is 18.2 Å². The highest BCUT2D eigenvalue weighted by atomic mass is 14.9. The first kappa shape index (κ1) is 11.6. The molecule has 0 saturated heterocycles. The van der Waals surface area contributed by atoms with Crippen molar-refractivity contribution in [2.24, 2.45) is 0 Å². The number of nitrogens with one attached hydrogen (secondary N) is 2. The number of fused-ring (bicyclic) bond motifs is 1. The molecule has 0 amide bonds. The van der Waals surface area contributed by atoms with E-state index in [9.17, 15) is 0 Å². The predicted octanol–water partition coefficient (Wildman–Crippen LogP) is 2.22. The largest absolute Gasteiger partial charge is 0.313 e. The predicted molar refractivity (Wildman–Crippen MR) is 68.4 cm³/mol. The Hall–Kier alpha value is -0.860. The molecular weight excluding hydrogens is 196 g/mol. The van der Waals surface area contributed by atoms with Gasteiger partial charge in [-0.15, -0.1) is 0 Å². The number of hydrogen-bond donors (Lipinski definition) is 2. The van der Waals surface area contributed by atoms with Crippen LogP contribution < -0.4 is 10.6 Å². The lowest BCUT2D eigenvalue weighted by Crippen LogP contribution is -2.34. The van der Waals surface area contributed by atoms with Crippen molar-refractivity contribution in [2.45, 2.75) is 45.8 Å². The smallest absolute Gasteiger partial charge is 0.0210 e. The van der Waals surface area contributed by atoms with Crippen LogP contribution in [-0.2, 0) is 19.5 Å². The lowest BCUT2D eigenvalue weighted by atomic mass is 9.93. The molecule has 1 unspecified atom stereocenters. The van der Waals surface area contributed by atoms with Gasteiger partial charge in [-0.1, -0.05) is 32.0 Å². The molecule has 2 heteroatoms. The van der Waals surface area contributed by atoms with Crippen LogP contribution in [0, 0.1) is 0 Å². The molecule has 0 radical (unpaired) electrons. The lowest BCUT2D eigenvalue weighted by Gasteiger charge is -2.25. The molecule has 1 aliphatic rings. The van der Waals surface area contributed by atoms with E-state index in [2.05, 4.69) is 42.7 Å². The topological polar surface area (TPSA) is 24.1 Å². The third kappa shape index (κ3) is 2.63. The van der Waals surface area contributed by atoms with Gasteiger partial charge in [0.1, 0.15) is 0 Å². The third-order valence-electron chi connectivity index (χ3n) is 3.39. The van der Waals surface area contributed by atoms with Gasteiger partial charge in [-0.3, -0.25) is 0 Å². The molecule has 2 nitrogen and oxygen atoms in total. The van der Waals surface area contributed by atoms with Gasteiger partial charge in [0, 0.05) is 19.1 Å². The molecule has 88 valence electrons. The molecule has 0 spiro atoms. The summed E-state index contributed by atoms with van der Waals surface area (Å²) in [5.74, 6) is 0. The zero-order valence-electron chi connectivity index (χ0n) is 10.3. The zero-order valence-corrected chi connectivity index (χ0v) is 10.3. The fourth-order valence-corrected chi connectivity index (χ4v) is 2.30. The molecule has 1 heterocycles. The molecule has 0 saturated carbocycles. The summed E-state index contributed by atoms with van der Waals surface area (Å²) in [4.78, 5) is 0. The standard InChI is InChI=1S/C14H22N2/c1-3-14-8-13-7-11(9-15-4-2)5-6-12(13)10-16-14/h5-7,14-16H,3-4,8-10H2,1-2H3. The van der Waals surface area contributed by atoms with Gasteiger partial charge in [-0.25, -0.2) is 0 Å². The van der Waals surface area contributed by atoms with Gasteiger partial charge < -0.3 is 10.6 Å². The Kier molecular flexibility index (Phi) is 3.97. The Balaban J connectivity index is 2.11. The maximum absolute atomic E-state index is 3.57. The second kappa shape index (κ2) is 5.46. The monoisotopic (exact) mass is 218 g/mol. The number of hydrogen-bond acceptors (Lipinski definition) is 2. The molecule has 16 heavy (non-hydrogen) atoms. The van der Waals surface area contributed by atoms with Crippen LogP contribution in [0.1, 0.15) is 37.0 Å². The maximum Gasteiger partial charge on any atom is 0.0210 e. The molecule has 1 aliphatic heterocycles. The van der Waals surface area contributed by atoms with Crippen LogP contribution in [0.2, 0.25) is 0 Å². The fraction of sp³-hybridized carbons (Fsp3) is 0.571.